The van der Waals surface area contributed by atoms with Gasteiger partial charge in [-0.15, -0.1) is 22.7 Å². The molecule has 0 bridgehead atoms. The minimum atomic E-state index is 0.568. The van der Waals surface area contributed by atoms with Gasteiger partial charge >= 0.3 is 0 Å². The van der Waals surface area contributed by atoms with Crippen molar-refractivity contribution in [1.29, 1.82) is 5.26 Å². The number of anilines is 1. The number of hydrogen-bond donors (Lipinski definition) is 1. The molecule has 3 heterocycles. The molecule has 0 unspecified atom stereocenters. The molecule has 2 N–H and O–H groups in total. The highest BCUT2D eigenvalue weighted by Crippen LogP contribution is 2.45. The Hall–Kier alpha value is -1.90. The van der Waals surface area contributed by atoms with Gasteiger partial charge in [-0.1, -0.05) is 6.07 Å². The molecule has 0 aromatic carbocycles. The highest BCUT2D eigenvalue weighted by molar-refractivity contribution is 7.20. The van der Waals surface area contributed by atoms with Crippen molar-refractivity contribution in [1.82, 2.24) is 4.98 Å². The Morgan fingerprint density at radius 3 is 2.90 bits per heavy atom. The van der Waals surface area contributed by atoms with Crippen LogP contribution in [0.15, 0.2) is 23.6 Å². The first-order valence-electron chi connectivity index (χ1n) is 6.45. The Labute approximate surface area is 124 Å². The molecule has 20 heavy (non-hydrogen) atoms. The van der Waals surface area contributed by atoms with E-state index in [1.807, 2.05) is 6.07 Å². The lowest BCUT2D eigenvalue weighted by Gasteiger charge is -2.05. The van der Waals surface area contributed by atoms with Crippen LogP contribution in [0.4, 0.5) is 5.69 Å². The van der Waals surface area contributed by atoms with Crippen molar-refractivity contribution >= 4 is 38.6 Å². The van der Waals surface area contributed by atoms with Crippen molar-refractivity contribution in [2.75, 3.05) is 5.73 Å². The fourth-order valence-electron chi connectivity index (χ4n) is 2.44. The summed E-state index contributed by atoms with van der Waals surface area (Å²) in [6, 6.07) is 8.48. The van der Waals surface area contributed by atoms with E-state index in [1.54, 1.807) is 11.3 Å². The molecule has 4 rings (SSSR count). The van der Waals surface area contributed by atoms with Crippen LogP contribution in [-0.4, -0.2) is 4.98 Å². The maximum atomic E-state index is 9.19. The van der Waals surface area contributed by atoms with Gasteiger partial charge in [0.05, 0.1) is 5.69 Å². The number of fused-ring (bicyclic) bond motifs is 1. The number of nitrogens with two attached hydrogens (primary N) is 1. The third kappa shape index (κ3) is 1.73. The second-order valence-electron chi connectivity index (χ2n) is 4.98. The van der Waals surface area contributed by atoms with Crippen LogP contribution in [0.5, 0.6) is 0 Å². The largest absolute Gasteiger partial charge is 0.396 e. The number of thiophene rings is 2. The molecular weight excluding hydrogens is 286 g/mol. The normalized spacial score (nSPS) is 14.6. The highest BCUT2D eigenvalue weighted by Gasteiger charge is 2.27. The van der Waals surface area contributed by atoms with Gasteiger partial charge in [0.25, 0.3) is 0 Å². The van der Waals surface area contributed by atoms with Crippen LogP contribution in [0.2, 0.25) is 0 Å². The topological polar surface area (TPSA) is 62.7 Å². The lowest BCUT2D eigenvalue weighted by molar-refractivity contribution is 1.05. The maximum absolute atomic E-state index is 9.19. The quantitative estimate of drug-likeness (QED) is 0.764. The summed E-state index contributed by atoms with van der Waals surface area (Å²) < 4.78 is 0. The van der Waals surface area contributed by atoms with E-state index in [2.05, 4.69) is 23.6 Å². The number of aromatic nitrogens is 1. The van der Waals surface area contributed by atoms with E-state index in [9.17, 15) is 5.26 Å². The fraction of sp³-hybridized carbons (Fsp3) is 0.200. The van der Waals surface area contributed by atoms with E-state index in [4.69, 9.17) is 10.7 Å². The Bertz CT molecular complexity index is 836. The monoisotopic (exact) mass is 297 g/mol. The summed E-state index contributed by atoms with van der Waals surface area (Å²) in [7, 11) is 0. The summed E-state index contributed by atoms with van der Waals surface area (Å²) in [4.78, 5) is 7.38. The van der Waals surface area contributed by atoms with Crippen molar-refractivity contribution < 1.29 is 0 Å². The van der Waals surface area contributed by atoms with Gasteiger partial charge in [-0.25, -0.2) is 4.98 Å². The predicted molar refractivity (Wildman–Crippen MR) is 84.0 cm³/mol. The predicted octanol–water partition coefficient (Wildman–Crippen LogP) is 4.36. The molecule has 0 spiro atoms. The molecule has 0 atom stereocenters. The molecule has 1 fully saturated rings. The zero-order chi connectivity index (χ0) is 13.7. The summed E-state index contributed by atoms with van der Waals surface area (Å²) in [5.74, 6) is 0.590. The van der Waals surface area contributed by atoms with Gasteiger partial charge in [-0.3, -0.25) is 0 Å². The molecule has 1 aliphatic rings. The second-order valence-corrected chi connectivity index (χ2v) is 6.93. The third-order valence-corrected chi connectivity index (χ3v) is 5.51. The number of pyridine rings is 1. The molecule has 1 saturated carbocycles. The Morgan fingerprint density at radius 2 is 2.25 bits per heavy atom. The second kappa shape index (κ2) is 4.30. The molecule has 0 saturated heterocycles. The molecule has 5 heteroatoms. The van der Waals surface area contributed by atoms with Crippen molar-refractivity contribution in [3.63, 3.8) is 0 Å². The summed E-state index contributed by atoms with van der Waals surface area (Å²) in [5.41, 5.74) is 9.00. The van der Waals surface area contributed by atoms with E-state index in [0.717, 1.165) is 21.5 Å². The fourth-order valence-corrected chi connectivity index (χ4v) is 4.11. The van der Waals surface area contributed by atoms with Crippen molar-refractivity contribution in [2.24, 2.45) is 0 Å². The first kappa shape index (κ1) is 11.9. The van der Waals surface area contributed by atoms with Gasteiger partial charge in [-0.2, -0.15) is 5.26 Å². The van der Waals surface area contributed by atoms with Gasteiger partial charge in [-0.05, 0) is 30.4 Å². The molecule has 3 aromatic rings. The van der Waals surface area contributed by atoms with E-state index in [1.165, 1.54) is 29.1 Å². The van der Waals surface area contributed by atoms with Gasteiger partial charge < -0.3 is 5.73 Å². The number of nitrogen functional groups attached to an aromatic ring is 1. The first-order chi connectivity index (χ1) is 9.78. The zero-order valence-electron chi connectivity index (χ0n) is 10.6. The minimum Gasteiger partial charge on any atom is -0.396 e. The van der Waals surface area contributed by atoms with Crippen molar-refractivity contribution in [3.05, 3.63) is 34.2 Å². The lowest BCUT2D eigenvalue weighted by Crippen LogP contribution is -1.91. The average Bonchev–Trinajstić information content (AvgIpc) is 3.07. The van der Waals surface area contributed by atoms with Gasteiger partial charge in [0.2, 0.25) is 0 Å². The van der Waals surface area contributed by atoms with Crippen LogP contribution in [-0.2, 0) is 0 Å². The Morgan fingerprint density at radius 1 is 1.40 bits per heavy atom. The number of hydrogen-bond acceptors (Lipinski definition) is 5. The van der Waals surface area contributed by atoms with Crippen LogP contribution in [0, 0.1) is 11.3 Å². The van der Waals surface area contributed by atoms with Crippen LogP contribution >= 0.6 is 22.7 Å². The number of rotatable bonds is 2. The van der Waals surface area contributed by atoms with E-state index in [-0.39, 0.29) is 0 Å². The van der Waals surface area contributed by atoms with Crippen LogP contribution < -0.4 is 5.73 Å². The van der Waals surface area contributed by atoms with E-state index >= 15 is 0 Å². The molecule has 0 amide bonds. The lowest BCUT2D eigenvalue weighted by atomic mass is 10.1. The Balaban J connectivity index is 2.08. The van der Waals surface area contributed by atoms with Gasteiger partial charge in [0.15, 0.2) is 0 Å². The highest BCUT2D eigenvalue weighted by atomic mass is 32.1. The maximum Gasteiger partial charge on any atom is 0.130 e. The third-order valence-electron chi connectivity index (χ3n) is 3.60. The number of nitriles is 1. The van der Waals surface area contributed by atoms with Crippen LogP contribution in [0.25, 0.3) is 20.7 Å². The average molecular weight is 297 g/mol. The summed E-state index contributed by atoms with van der Waals surface area (Å²) in [6.07, 6.45) is 2.43. The molecule has 0 radical (unpaired) electrons. The summed E-state index contributed by atoms with van der Waals surface area (Å²) >= 11 is 3.10. The standard InChI is InChI=1S/C15H11N3S2/c16-7-12-14(17)13-9(11-2-1-5-19-11)6-10(8-3-4-8)18-15(13)20-12/h1-2,5-6,8H,3-4,17H2. The zero-order valence-corrected chi connectivity index (χ0v) is 12.2. The summed E-state index contributed by atoms with van der Waals surface area (Å²) in [5, 5.41) is 12.2. The first-order valence-corrected chi connectivity index (χ1v) is 8.14. The SMILES string of the molecule is N#Cc1sc2nc(C3CC3)cc(-c3cccs3)c2c1N. The van der Waals surface area contributed by atoms with Crippen LogP contribution in [0.1, 0.15) is 29.3 Å². The Kier molecular flexibility index (Phi) is 2.56. The van der Waals surface area contributed by atoms with Gasteiger partial charge in [0.1, 0.15) is 15.8 Å². The molecule has 3 aromatic heterocycles. The van der Waals surface area contributed by atoms with Crippen molar-refractivity contribution in [2.45, 2.75) is 18.8 Å². The van der Waals surface area contributed by atoms with Gasteiger partial charge in [0, 0.05) is 27.4 Å². The van der Waals surface area contributed by atoms with E-state index < -0.39 is 0 Å². The molecule has 3 nitrogen and oxygen atoms in total. The molecule has 1 aliphatic carbocycles. The van der Waals surface area contributed by atoms with E-state index in [0.29, 0.717) is 16.5 Å². The van der Waals surface area contributed by atoms with Crippen LogP contribution in [0.3, 0.4) is 0 Å². The smallest absolute Gasteiger partial charge is 0.130 e. The molecule has 98 valence electrons. The van der Waals surface area contributed by atoms with Crippen molar-refractivity contribution in [3.8, 4) is 16.5 Å². The molecule has 0 aliphatic heterocycles. The summed E-state index contributed by atoms with van der Waals surface area (Å²) in [6.45, 7) is 0. The molecular formula is C15H11N3S2. The number of nitrogens with zero attached hydrogens (tertiary/aromatic N) is 2. The minimum absolute atomic E-state index is 0.568.